The van der Waals surface area contributed by atoms with Crippen LogP contribution in [-0.4, -0.2) is 17.7 Å². The lowest BCUT2D eigenvalue weighted by Gasteiger charge is -2.07. The Morgan fingerprint density at radius 1 is 0.909 bits per heavy atom. The number of carbonyl (C=O) groups is 1. The first-order valence-electron chi connectivity index (χ1n) is 8.49. The van der Waals surface area contributed by atoms with Crippen molar-refractivity contribution in [2.75, 3.05) is 11.9 Å². The van der Waals surface area contributed by atoms with Gasteiger partial charge in [0.2, 0.25) is 0 Å². The predicted octanol–water partition coefficient (Wildman–Crippen LogP) is 5.71. The van der Waals surface area contributed by atoms with Crippen molar-refractivity contribution in [3.05, 3.63) is 29.8 Å². The quantitative estimate of drug-likeness (QED) is 0.329. The van der Waals surface area contributed by atoms with Gasteiger partial charge in [-0.2, -0.15) is 0 Å². The molecule has 0 saturated carbocycles. The maximum absolute atomic E-state index is 11.0. The summed E-state index contributed by atoms with van der Waals surface area (Å²) < 4.78 is 5.74. The van der Waals surface area contributed by atoms with Crippen LogP contribution in [0.1, 0.15) is 63.9 Å². The summed E-state index contributed by atoms with van der Waals surface area (Å²) in [7, 11) is 0. The third-order valence-corrected chi connectivity index (χ3v) is 4.23. The number of ketones is 1. The Morgan fingerprint density at radius 2 is 1.45 bits per heavy atom. The van der Waals surface area contributed by atoms with Gasteiger partial charge in [0, 0.05) is 11.8 Å². The van der Waals surface area contributed by atoms with Crippen LogP contribution < -0.4 is 4.74 Å². The number of unbranched alkanes of at least 4 members (excludes halogenated alkanes) is 7. The van der Waals surface area contributed by atoms with Crippen LogP contribution in [0.25, 0.3) is 0 Å². The molecule has 0 radical (unpaired) electrons. The summed E-state index contributed by atoms with van der Waals surface area (Å²) in [6, 6.07) is 7.87. The average Bonchev–Trinajstić information content (AvgIpc) is 2.50. The van der Waals surface area contributed by atoms with Gasteiger partial charge >= 0.3 is 0 Å². The SMILES string of the molecule is CC(=O)Cc1ccc(OCCCCCCCCCCBr)cc1. The van der Waals surface area contributed by atoms with Crippen LogP contribution in [0.3, 0.4) is 0 Å². The van der Waals surface area contributed by atoms with Gasteiger partial charge in [-0.15, -0.1) is 0 Å². The standard InChI is InChI=1S/C19H29BrO2/c1-17(21)16-18-10-12-19(13-11-18)22-15-9-7-5-3-2-4-6-8-14-20/h10-13H,2-9,14-16H2,1H3. The first kappa shape index (κ1) is 19.2. The summed E-state index contributed by atoms with van der Waals surface area (Å²) >= 11 is 3.47. The van der Waals surface area contributed by atoms with Gasteiger partial charge in [-0.05, 0) is 37.5 Å². The topological polar surface area (TPSA) is 26.3 Å². The lowest BCUT2D eigenvalue weighted by atomic mass is 10.1. The van der Waals surface area contributed by atoms with Gasteiger partial charge in [0.1, 0.15) is 11.5 Å². The molecule has 0 aromatic heterocycles. The third-order valence-electron chi connectivity index (χ3n) is 3.67. The highest BCUT2D eigenvalue weighted by molar-refractivity contribution is 9.09. The van der Waals surface area contributed by atoms with Crippen LogP contribution in [0.4, 0.5) is 0 Å². The molecule has 3 heteroatoms. The van der Waals surface area contributed by atoms with Crippen LogP contribution >= 0.6 is 15.9 Å². The van der Waals surface area contributed by atoms with Gasteiger partial charge in [0.25, 0.3) is 0 Å². The van der Waals surface area contributed by atoms with E-state index in [1.807, 2.05) is 24.3 Å². The summed E-state index contributed by atoms with van der Waals surface area (Å²) in [6.07, 6.45) is 10.9. The Morgan fingerprint density at radius 3 is 2.00 bits per heavy atom. The van der Waals surface area contributed by atoms with Crippen molar-refractivity contribution in [3.8, 4) is 5.75 Å². The minimum absolute atomic E-state index is 0.195. The summed E-state index contributed by atoms with van der Waals surface area (Å²) in [6.45, 7) is 2.40. The number of halogens is 1. The van der Waals surface area contributed by atoms with Gasteiger partial charge in [0.05, 0.1) is 6.61 Å². The first-order valence-corrected chi connectivity index (χ1v) is 9.61. The lowest BCUT2D eigenvalue weighted by molar-refractivity contribution is -0.116. The van der Waals surface area contributed by atoms with E-state index < -0.39 is 0 Å². The van der Waals surface area contributed by atoms with Crippen LogP contribution in [-0.2, 0) is 11.2 Å². The number of Topliss-reactive ketones (excluding diaryl/α,β-unsaturated/α-hetero) is 1. The molecule has 0 unspecified atom stereocenters. The molecule has 1 aromatic rings. The highest BCUT2D eigenvalue weighted by Gasteiger charge is 1.99. The molecule has 22 heavy (non-hydrogen) atoms. The molecule has 0 spiro atoms. The maximum atomic E-state index is 11.0. The van der Waals surface area contributed by atoms with Crippen LogP contribution in [0.15, 0.2) is 24.3 Å². The second-order valence-corrected chi connectivity index (χ2v) is 6.68. The molecule has 0 atom stereocenters. The Bertz CT molecular complexity index is 400. The van der Waals surface area contributed by atoms with Crippen LogP contribution in [0.2, 0.25) is 0 Å². The maximum Gasteiger partial charge on any atom is 0.134 e. The molecular weight excluding hydrogens is 340 g/mol. The number of benzene rings is 1. The molecule has 0 aliphatic rings. The van der Waals surface area contributed by atoms with E-state index in [9.17, 15) is 4.79 Å². The van der Waals surface area contributed by atoms with Gasteiger partial charge in [-0.25, -0.2) is 0 Å². The smallest absolute Gasteiger partial charge is 0.134 e. The summed E-state index contributed by atoms with van der Waals surface area (Å²) in [5.74, 6) is 1.10. The van der Waals surface area contributed by atoms with Gasteiger partial charge < -0.3 is 4.74 Å². The van der Waals surface area contributed by atoms with Crippen LogP contribution in [0.5, 0.6) is 5.75 Å². The van der Waals surface area contributed by atoms with Gasteiger partial charge in [-0.3, -0.25) is 4.79 Å². The lowest BCUT2D eigenvalue weighted by Crippen LogP contribution is -1.99. The van der Waals surface area contributed by atoms with Crippen molar-refractivity contribution < 1.29 is 9.53 Å². The van der Waals surface area contributed by atoms with Crippen molar-refractivity contribution >= 4 is 21.7 Å². The van der Waals surface area contributed by atoms with E-state index in [1.54, 1.807) is 6.92 Å². The highest BCUT2D eigenvalue weighted by atomic mass is 79.9. The Balaban J connectivity index is 1.99. The highest BCUT2D eigenvalue weighted by Crippen LogP contribution is 2.14. The molecule has 1 rings (SSSR count). The molecule has 0 bridgehead atoms. The second-order valence-electron chi connectivity index (χ2n) is 5.89. The molecule has 0 aliphatic carbocycles. The first-order chi connectivity index (χ1) is 10.7. The van der Waals surface area contributed by atoms with E-state index in [-0.39, 0.29) is 5.78 Å². The van der Waals surface area contributed by atoms with Crippen molar-refractivity contribution in [3.63, 3.8) is 0 Å². The number of hydrogen-bond acceptors (Lipinski definition) is 2. The number of carbonyl (C=O) groups excluding carboxylic acids is 1. The molecule has 0 N–H and O–H groups in total. The molecule has 0 amide bonds. The fraction of sp³-hybridized carbons (Fsp3) is 0.632. The zero-order chi connectivity index (χ0) is 16.0. The molecular formula is C19H29BrO2. The molecule has 2 nitrogen and oxygen atoms in total. The van der Waals surface area contributed by atoms with Crippen LogP contribution in [0, 0.1) is 0 Å². The Labute approximate surface area is 143 Å². The largest absolute Gasteiger partial charge is 0.494 e. The molecule has 0 saturated heterocycles. The number of hydrogen-bond donors (Lipinski definition) is 0. The Hall–Kier alpha value is -0.830. The monoisotopic (exact) mass is 368 g/mol. The summed E-state index contributed by atoms with van der Waals surface area (Å²) in [5, 5.41) is 1.14. The van der Waals surface area contributed by atoms with E-state index in [1.165, 1.54) is 44.9 Å². The number of alkyl halides is 1. The van der Waals surface area contributed by atoms with E-state index in [2.05, 4.69) is 15.9 Å². The van der Waals surface area contributed by atoms with Crippen molar-refractivity contribution in [2.24, 2.45) is 0 Å². The number of ether oxygens (including phenoxy) is 1. The zero-order valence-corrected chi connectivity index (χ0v) is 15.4. The van der Waals surface area contributed by atoms with E-state index in [0.29, 0.717) is 6.42 Å². The third kappa shape index (κ3) is 9.99. The normalized spacial score (nSPS) is 10.6. The molecule has 124 valence electrons. The minimum Gasteiger partial charge on any atom is -0.494 e. The van der Waals surface area contributed by atoms with Crippen molar-refractivity contribution in [1.29, 1.82) is 0 Å². The molecule has 0 aliphatic heterocycles. The van der Waals surface area contributed by atoms with Crippen molar-refractivity contribution in [2.45, 2.75) is 64.7 Å². The molecule has 0 fully saturated rings. The number of rotatable bonds is 13. The zero-order valence-electron chi connectivity index (χ0n) is 13.8. The van der Waals surface area contributed by atoms with E-state index >= 15 is 0 Å². The summed E-state index contributed by atoms with van der Waals surface area (Å²) in [5.41, 5.74) is 1.06. The second kappa shape index (κ2) is 12.7. The molecule has 0 heterocycles. The van der Waals surface area contributed by atoms with Gasteiger partial charge in [0.15, 0.2) is 0 Å². The predicted molar refractivity (Wildman–Crippen MR) is 97.1 cm³/mol. The average molecular weight is 369 g/mol. The fourth-order valence-corrected chi connectivity index (χ4v) is 2.83. The van der Waals surface area contributed by atoms with Crippen molar-refractivity contribution in [1.82, 2.24) is 0 Å². The fourth-order valence-electron chi connectivity index (χ4n) is 2.44. The Kier molecular flexibility index (Phi) is 11.1. The molecule has 1 aromatic carbocycles. The van der Waals surface area contributed by atoms with E-state index in [0.717, 1.165) is 29.7 Å². The van der Waals surface area contributed by atoms with E-state index in [4.69, 9.17) is 4.74 Å². The minimum atomic E-state index is 0.195. The van der Waals surface area contributed by atoms with Gasteiger partial charge in [-0.1, -0.05) is 66.6 Å². The summed E-state index contributed by atoms with van der Waals surface area (Å²) in [4.78, 5) is 11.0.